The number of carbonyl (C=O) groups is 3. The second kappa shape index (κ2) is 7.57. The normalized spacial score (nSPS) is 15.7. The van der Waals surface area contributed by atoms with E-state index in [0.29, 0.717) is 22.7 Å². The summed E-state index contributed by atoms with van der Waals surface area (Å²) in [5, 5.41) is 2.61. The summed E-state index contributed by atoms with van der Waals surface area (Å²) in [6.45, 7) is 1.67. The van der Waals surface area contributed by atoms with Crippen molar-refractivity contribution >= 4 is 29.0 Å². The number of fused-ring (bicyclic) bond motifs is 1. The number of halogens is 1. The van der Waals surface area contributed by atoms with Crippen LogP contribution in [0.15, 0.2) is 42.5 Å². The van der Waals surface area contributed by atoms with Crippen LogP contribution in [0.4, 0.5) is 15.8 Å². The molecule has 0 bridgehead atoms. The summed E-state index contributed by atoms with van der Waals surface area (Å²) < 4.78 is 18.4. The molecular weight excluding hydrogens is 351 g/mol. The van der Waals surface area contributed by atoms with E-state index < -0.39 is 11.9 Å². The van der Waals surface area contributed by atoms with E-state index >= 15 is 0 Å². The number of ketones is 1. The lowest BCUT2D eigenvalue weighted by molar-refractivity contribution is -0.125. The van der Waals surface area contributed by atoms with Gasteiger partial charge in [-0.2, -0.15) is 0 Å². The Hall–Kier alpha value is -3.22. The number of hydrogen-bond donors (Lipinski definition) is 1. The molecule has 1 aliphatic heterocycles. The molecule has 0 aromatic heterocycles. The van der Waals surface area contributed by atoms with Gasteiger partial charge in [-0.25, -0.2) is 4.39 Å². The highest BCUT2D eigenvalue weighted by Gasteiger charge is 2.29. The van der Waals surface area contributed by atoms with Crippen LogP contribution in [-0.2, 0) is 9.59 Å². The molecule has 1 atom stereocenters. The first kappa shape index (κ1) is 18.6. The number of likely N-dealkylation sites (N-methyl/N-ethyl adjacent to an activating group) is 1. The maximum absolute atomic E-state index is 12.9. The number of nitrogens with one attached hydrogen (secondary N) is 1. The Labute approximate surface area is 155 Å². The SMILES string of the molecule is CC1Oc2ccc(C(=O)CCC(=O)Nc3ccc(F)cc3)cc2N(C)C1=O. The maximum Gasteiger partial charge on any atom is 0.267 e. The van der Waals surface area contributed by atoms with Gasteiger partial charge < -0.3 is 15.0 Å². The van der Waals surface area contributed by atoms with Gasteiger partial charge in [-0.05, 0) is 49.4 Å². The van der Waals surface area contributed by atoms with Crippen molar-refractivity contribution in [2.45, 2.75) is 25.9 Å². The van der Waals surface area contributed by atoms with Gasteiger partial charge in [-0.3, -0.25) is 14.4 Å². The lowest BCUT2D eigenvalue weighted by Crippen LogP contribution is -2.42. The Bertz CT molecular complexity index is 895. The molecule has 0 radical (unpaired) electrons. The van der Waals surface area contributed by atoms with Gasteiger partial charge in [0.1, 0.15) is 11.6 Å². The standard InChI is InChI=1S/C20H19FN2O4/c1-12-20(26)23(2)16-11-13(3-9-18(16)27-12)17(24)8-10-19(25)22-15-6-4-14(21)5-7-15/h3-7,9,11-12H,8,10H2,1-2H3,(H,22,25). The third-order valence-corrected chi connectivity index (χ3v) is 4.33. The van der Waals surface area contributed by atoms with Crippen LogP contribution in [0.25, 0.3) is 0 Å². The molecule has 1 aliphatic rings. The molecule has 3 rings (SSSR count). The van der Waals surface area contributed by atoms with Gasteiger partial charge >= 0.3 is 0 Å². The Balaban J connectivity index is 1.62. The topological polar surface area (TPSA) is 75.7 Å². The predicted octanol–water partition coefficient (Wildman–Crippen LogP) is 3.17. The summed E-state index contributed by atoms with van der Waals surface area (Å²) in [6, 6.07) is 10.3. The van der Waals surface area contributed by atoms with Crippen molar-refractivity contribution in [3.8, 4) is 5.75 Å². The van der Waals surface area contributed by atoms with Gasteiger partial charge in [0.05, 0.1) is 5.69 Å². The number of amides is 2. The molecular formula is C20H19FN2O4. The van der Waals surface area contributed by atoms with E-state index in [2.05, 4.69) is 5.32 Å². The molecule has 7 heteroatoms. The summed E-state index contributed by atoms with van der Waals surface area (Å²) in [6.07, 6.45) is -0.560. The molecule has 1 unspecified atom stereocenters. The Kier molecular flexibility index (Phi) is 5.21. The zero-order valence-corrected chi connectivity index (χ0v) is 15.0. The molecule has 6 nitrogen and oxygen atoms in total. The Morgan fingerprint density at radius 1 is 1.15 bits per heavy atom. The second-order valence-electron chi connectivity index (χ2n) is 6.32. The van der Waals surface area contributed by atoms with Crippen LogP contribution in [0.5, 0.6) is 5.75 Å². The van der Waals surface area contributed by atoms with Crippen molar-refractivity contribution in [3.63, 3.8) is 0 Å². The fourth-order valence-electron chi connectivity index (χ4n) is 2.81. The monoisotopic (exact) mass is 370 g/mol. The quantitative estimate of drug-likeness (QED) is 0.821. The molecule has 2 aromatic carbocycles. The van der Waals surface area contributed by atoms with Gasteiger partial charge in [-0.15, -0.1) is 0 Å². The highest BCUT2D eigenvalue weighted by atomic mass is 19.1. The molecule has 2 amide bonds. The number of hydrogen-bond acceptors (Lipinski definition) is 4. The highest BCUT2D eigenvalue weighted by molar-refractivity contribution is 6.04. The molecule has 0 saturated carbocycles. The largest absolute Gasteiger partial charge is 0.479 e. The molecule has 2 aromatic rings. The van der Waals surface area contributed by atoms with Crippen LogP contribution in [0.2, 0.25) is 0 Å². The summed E-state index contributed by atoms with van der Waals surface area (Å²) in [4.78, 5) is 37.9. The summed E-state index contributed by atoms with van der Waals surface area (Å²) in [5.41, 5.74) is 1.40. The van der Waals surface area contributed by atoms with Crippen molar-refractivity contribution in [2.24, 2.45) is 0 Å². The highest BCUT2D eigenvalue weighted by Crippen LogP contribution is 2.34. The van der Waals surface area contributed by atoms with Crippen LogP contribution in [0.1, 0.15) is 30.1 Å². The van der Waals surface area contributed by atoms with Crippen molar-refractivity contribution in [2.75, 3.05) is 17.3 Å². The summed E-state index contributed by atoms with van der Waals surface area (Å²) in [7, 11) is 1.63. The summed E-state index contributed by atoms with van der Waals surface area (Å²) >= 11 is 0. The van der Waals surface area contributed by atoms with Gasteiger partial charge in [0.2, 0.25) is 5.91 Å². The van der Waals surface area contributed by atoms with Gasteiger partial charge in [0.25, 0.3) is 5.91 Å². The fraction of sp³-hybridized carbons (Fsp3) is 0.250. The second-order valence-corrected chi connectivity index (χ2v) is 6.32. The maximum atomic E-state index is 12.9. The van der Waals surface area contributed by atoms with Gasteiger partial charge in [-0.1, -0.05) is 0 Å². The lowest BCUT2D eigenvalue weighted by atomic mass is 10.0. The third-order valence-electron chi connectivity index (χ3n) is 4.33. The van der Waals surface area contributed by atoms with Gasteiger partial charge in [0.15, 0.2) is 11.9 Å². The zero-order valence-electron chi connectivity index (χ0n) is 15.0. The van der Waals surface area contributed by atoms with E-state index in [1.54, 1.807) is 32.2 Å². The molecule has 27 heavy (non-hydrogen) atoms. The van der Waals surface area contributed by atoms with E-state index in [4.69, 9.17) is 4.74 Å². The molecule has 140 valence electrons. The predicted molar refractivity (Wildman–Crippen MR) is 98.5 cm³/mol. The number of Topliss-reactive ketones (excluding diaryl/α,β-unsaturated/α-hetero) is 1. The molecule has 0 aliphatic carbocycles. The van der Waals surface area contributed by atoms with Crippen molar-refractivity contribution < 1.29 is 23.5 Å². The Morgan fingerprint density at radius 3 is 2.56 bits per heavy atom. The first-order chi connectivity index (χ1) is 12.8. The smallest absolute Gasteiger partial charge is 0.267 e. The molecule has 1 N–H and O–H groups in total. The zero-order chi connectivity index (χ0) is 19.6. The minimum atomic E-state index is -0.570. The van der Waals surface area contributed by atoms with Crippen LogP contribution in [0.3, 0.4) is 0 Å². The van der Waals surface area contributed by atoms with Gasteiger partial charge in [0, 0.05) is 31.1 Å². The van der Waals surface area contributed by atoms with E-state index in [-0.39, 0.29) is 30.4 Å². The molecule has 1 heterocycles. The van der Waals surface area contributed by atoms with E-state index in [1.807, 2.05) is 0 Å². The minimum absolute atomic E-state index is 0.00437. The first-order valence-corrected chi connectivity index (χ1v) is 8.52. The van der Waals surface area contributed by atoms with Crippen molar-refractivity contribution in [1.82, 2.24) is 0 Å². The first-order valence-electron chi connectivity index (χ1n) is 8.52. The van der Waals surface area contributed by atoms with Crippen LogP contribution >= 0.6 is 0 Å². The number of anilines is 2. The minimum Gasteiger partial charge on any atom is -0.479 e. The molecule has 0 spiro atoms. The average Bonchev–Trinajstić information content (AvgIpc) is 2.66. The van der Waals surface area contributed by atoms with Crippen LogP contribution < -0.4 is 15.0 Å². The third kappa shape index (κ3) is 4.13. The fourth-order valence-corrected chi connectivity index (χ4v) is 2.81. The van der Waals surface area contributed by atoms with Crippen molar-refractivity contribution in [1.29, 1.82) is 0 Å². The van der Waals surface area contributed by atoms with E-state index in [9.17, 15) is 18.8 Å². The van der Waals surface area contributed by atoms with Crippen LogP contribution in [-0.4, -0.2) is 30.7 Å². The van der Waals surface area contributed by atoms with E-state index in [0.717, 1.165) is 0 Å². The van der Waals surface area contributed by atoms with E-state index in [1.165, 1.54) is 29.2 Å². The molecule has 0 saturated heterocycles. The number of nitrogens with zero attached hydrogens (tertiary/aromatic N) is 1. The number of benzene rings is 2. The van der Waals surface area contributed by atoms with Crippen LogP contribution in [0, 0.1) is 5.82 Å². The summed E-state index contributed by atoms with van der Waals surface area (Å²) in [5.74, 6) is -0.595. The average molecular weight is 370 g/mol. The number of rotatable bonds is 5. The number of ether oxygens (including phenoxy) is 1. The Morgan fingerprint density at radius 2 is 1.85 bits per heavy atom. The van der Waals surface area contributed by atoms with Crippen molar-refractivity contribution in [3.05, 3.63) is 53.8 Å². The lowest BCUT2D eigenvalue weighted by Gasteiger charge is -2.30. The number of carbonyl (C=O) groups excluding carboxylic acids is 3. The molecule has 0 fully saturated rings.